The van der Waals surface area contributed by atoms with E-state index in [0.717, 1.165) is 16.9 Å². The quantitative estimate of drug-likeness (QED) is 0.788. The van der Waals surface area contributed by atoms with Gasteiger partial charge in [-0.25, -0.2) is 4.98 Å². The van der Waals surface area contributed by atoms with Gasteiger partial charge in [0, 0.05) is 0 Å². The van der Waals surface area contributed by atoms with E-state index in [0.29, 0.717) is 6.42 Å². The number of aliphatic hydroxyl groups is 1. The number of para-hydroxylation sites is 2. The van der Waals surface area contributed by atoms with Crippen LogP contribution in [0.25, 0.3) is 11.0 Å². The first-order valence-electron chi connectivity index (χ1n) is 4.85. The molecule has 0 unspecified atom stereocenters. The molecule has 14 heavy (non-hydrogen) atoms. The number of benzene rings is 1. The molecule has 0 saturated carbocycles. The van der Waals surface area contributed by atoms with Crippen LogP contribution in [0.1, 0.15) is 25.4 Å². The van der Waals surface area contributed by atoms with Gasteiger partial charge in [0.1, 0.15) is 12.1 Å². The average molecular weight is 190 g/mol. The summed E-state index contributed by atoms with van der Waals surface area (Å²) in [4.78, 5) is 4.39. The topological polar surface area (TPSA) is 38.0 Å². The zero-order chi connectivity index (χ0) is 10.1. The Morgan fingerprint density at radius 2 is 2.14 bits per heavy atom. The van der Waals surface area contributed by atoms with E-state index in [1.807, 2.05) is 42.7 Å². The molecule has 3 nitrogen and oxygen atoms in total. The summed E-state index contributed by atoms with van der Waals surface area (Å²) >= 11 is 0. The van der Waals surface area contributed by atoms with Crippen molar-refractivity contribution in [3.05, 3.63) is 30.1 Å². The van der Waals surface area contributed by atoms with Crippen LogP contribution >= 0.6 is 0 Å². The van der Waals surface area contributed by atoms with E-state index in [1.54, 1.807) is 0 Å². The normalized spacial score (nSPS) is 13.4. The fourth-order valence-corrected chi connectivity index (χ4v) is 1.72. The van der Waals surface area contributed by atoms with Gasteiger partial charge in [0.2, 0.25) is 0 Å². The highest BCUT2D eigenvalue weighted by Gasteiger charge is 2.11. The standard InChI is InChI=1S/C11H14N2O/c1-3-11(14)13-8(2)12-9-6-4-5-7-10(9)13/h4-7,11,14H,3H2,1-2H3/t11-/m0/s1. The lowest BCUT2D eigenvalue weighted by atomic mass is 10.3. The summed E-state index contributed by atoms with van der Waals surface area (Å²) in [5.41, 5.74) is 1.94. The van der Waals surface area contributed by atoms with E-state index >= 15 is 0 Å². The fraction of sp³-hybridized carbons (Fsp3) is 0.364. The Balaban J connectivity index is 2.67. The lowest BCUT2D eigenvalue weighted by Crippen LogP contribution is -2.08. The second-order valence-electron chi connectivity index (χ2n) is 3.41. The maximum atomic E-state index is 9.82. The van der Waals surface area contributed by atoms with E-state index in [1.165, 1.54) is 0 Å². The molecule has 1 aromatic heterocycles. The fourth-order valence-electron chi connectivity index (χ4n) is 1.72. The molecule has 0 aliphatic heterocycles. The maximum Gasteiger partial charge on any atom is 0.132 e. The van der Waals surface area contributed by atoms with Crippen molar-refractivity contribution in [2.45, 2.75) is 26.5 Å². The molecule has 0 saturated heterocycles. The average Bonchev–Trinajstić information content (AvgIpc) is 2.53. The van der Waals surface area contributed by atoms with E-state index in [2.05, 4.69) is 4.98 Å². The Bertz CT molecular complexity index is 447. The zero-order valence-electron chi connectivity index (χ0n) is 8.44. The molecule has 3 heteroatoms. The Morgan fingerprint density at radius 1 is 1.43 bits per heavy atom. The number of aromatic nitrogens is 2. The molecule has 74 valence electrons. The molecule has 2 aromatic rings. The van der Waals surface area contributed by atoms with Crippen molar-refractivity contribution in [1.29, 1.82) is 0 Å². The third-order valence-electron chi connectivity index (χ3n) is 2.44. The van der Waals surface area contributed by atoms with E-state index in [-0.39, 0.29) is 0 Å². The number of hydrogen-bond donors (Lipinski definition) is 1. The van der Waals surface area contributed by atoms with Crippen molar-refractivity contribution in [3.63, 3.8) is 0 Å². The number of hydrogen-bond acceptors (Lipinski definition) is 2. The van der Waals surface area contributed by atoms with Gasteiger partial charge < -0.3 is 9.67 Å². The molecular weight excluding hydrogens is 176 g/mol. The summed E-state index contributed by atoms with van der Waals surface area (Å²) in [6.45, 7) is 3.87. The Hall–Kier alpha value is -1.35. The molecule has 0 radical (unpaired) electrons. The molecular formula is C11H14N2O. The van der Waals surface area contributed by atoms with E-state index < -0.39 is 6.23 Å². The van der Waals surface area contributed by atoms with E-state index in [4.69, 9.17) is 0 Å². The second-order valence-corrected chi connectivity index (χ2v) is 3.41. The molecule has 0 bridgehead atoms. The van der Waals surface area contributed by atoms with Crippen molar-refractivity contribution >= 4 is 11.0 Å². The predicted octanol–water partition coefficient (Wildman–Crippen LogP) is 2.25. The van der Waals surface area contributed by atoms with Gasteiger partial charge in [-0.3, -0.25) is 0 Å². The highest BCUT2D eigenvalue weighted by atomic mass is 16.3. The molecule has 0 fully saturated rings. The van der Waals surface area contributed by atoms with Gasteiger partial charge in [-0.2, -0.15) is 0 Å². The minimum absolute atomic E-state index is 0.470. The highest BCUT2D eigenvalue weighted by molar-refractivity contribution is 5.75. The van der Waals surface area contributed by atoms with Crippen LogP contribution in [-0.4, -0.2) is 14.7 Å². The van der Waals surface area contributed by atoms with Crippen LogP contribution in [0.3, 0.4) is 0 Å². The SMILES string of the molecule is CC[C@H](O)n1c(C)nc2ccccc21. The number of nitrogens with zero attached hydrogens (tertiary/aromatic N) is 2. The van der Waals surface area contributed by atoms with Crippen LogP contribution in [0.15, 0.2) is 24.3 Å². The molecule has 0 amide bonds. The summed E-state index contributed by atoms with van der Waals surface area (Å²) in [6, 6.07) is 7.86. The van der Waals surface area contributed by atoms with Crippen LogP contribution < -0.4 is 0 Å². The number of rotatable bonds is 2. The lowest BCUT2D eigenvalue weighted by Gasteiger charge is -2.12. The van der Waals surface area contributed by atoms with Gasteiger partial charge in [0.25, 0.3) is 0 Å². The van der Waals surface area contributed by atoms with Crippen molar-refractivity contribution < 1.29 is 5.11 Å². The van der Waals surface area contributed by atoms with Gasteiger partial charge >= 0.3 is 0 Å². The summed E-state index contributed by atoms with van der Waals surface area (Å²) < 4.78 is 1.87. The maximum absolute atomic E-state index is 9.82. The molecule has 0 aliphatic rings. The first-order chi connectivity index (χ1) is 6.74. The van der Waals surface area contributed by atoms with Gasteiger partial charge in [-0.15, -0.1) is 0 Å². The summed E-state index contributed by atoms with van der Waals surface area (Å²) in [6.07, 6.45) is 0.226. The monoisotopic (exact) mass is 190 g/mol. The molecule has 1 aromatic carbocycles. The van der Waals surface area contributed by atoms with E-state index in [9.17, 15) is 5.11 Å². The first kappa shape index (κ1) is 9.21. The van der Waals surface area contributed by atoms with Crippen molar-refractivity contribution in [2.75, 3.05) is 0 Å². The molecule has 0 spiro atoms. The Labute approximate surface area is 83.0 Å². The summed E-state index contributed by atoms with van der Waals surface area (Å²) in [7, 11) is 0. The van der Waals surface area contributed by atoms with Gasteiger partial charge in [0.15, 0.2) is 0 Å². The molecule has 1 heterocycles. The van der Waals surface area contributed by atoms with Crippen molar-refractivity contribution in [1.82, 2.24) is 9.55 Å². The van der Waals surface area contributed by atoms with Crippen molar-refractivity contribution in [3.8, 4) is 0 Å². The summed E-state index contributed by atoms with van der Waals surface area (Å²) in [5.74, 6) is 0.862. The molecule has 1 atom stereocenters. The third kappa shape index (κ3) is 1.30. The van der Waals surface area contributed by atoms with Crippen LogP contribution in [-0.2, 0) is 0 Å². The second kappa shape index (κ2) is 3.42. The van der Waals surface area contributed by atoms with Crippen LogP contribution in [0.4, 0.5) is 0 Å². The number of fused-ring (bicyclic) bond motifs is 1. The lowest BCUT2D eigenvalue weighted by molar-refractivity contribution is 0.102. The molecule has 1 N–H and O–H groups in total. The van der Waals surface area contributed by atoms with Crippen LogP contribution in [0.2, 0.25) is 0 Å². The number of aliphatic hydroxyl groups excluding tert-OH is 1. The molecule has 2 rings (SSSR count). The first-order valence-corrected chi connectivity index (χ1v) is 4.85. The van der Waals surface area contributed by atoms with Crippen LogP contribution in [0.5, 0.6) is 0 Å². The summed E-state index contributed by atoms with van der Waals surface area (Å²) in [5, 5.41) is 9.82. The predicted molar refractivity (Wildman–Crippen MR) is 56.0 cm³/mol. The third-order valence-corrected chi connectivity index (χ3v) is 2.44. The number of aryl methyl sites for hydroxylation is 1. The largest absolute Gasteiger partial charge is 0.373 e. The Kier molecular flexibility index (Phi) is 2.25. The zero-order valence-corrected chi connectivity index (χ0v) is 8.44. The minimum atomic E-state index is -0.470. The smallest absolute Gasteiger partial charge is 0.132 e. The van der Waals surface area contributed by atoms with Gasteiger partial charge in [0.05, 0.1) is 11.0 Å². The molecule has 0 aliphatic carbocycles. The number of imidazole rings is 1. The highest BCUT2D eigenvalue weighted by Crippen LogP contribution is 2.20. The minimum Gasteiger partial charge on any atom is -0.373 e. The van der Waals surface area contributed by atoms with Crippen molar-refractivity contribution in [2.24, 2.45) is 0 Å². The van der Waals surface area contributed by atoms with Crippen LogP contribution in [0, 0.1) is 6.92 Å². The van der Waals surface area contributed by atoms with Gasteiger partial charge in [-0.05, 0) is 25.5 Å². The Morgan fingerprint density at radius 3 is 2.86 bits per heavy atom. The van der Waals surface area contributed by atoms with Gasteiger partial charge in [-0.1, -0.05) is 19.1 Å².